The Balaban J connectivity index is 2.16. The molecule has 0 aromatic heterocycles. The fourth-order valence-corrected chi connectivity index (χ4v) is 3.70. The molecule has 0 spiro atoms. The Bertz CT molecular complexity index is 904. The van der Waals surface area contributed by atoms with Crippen molar-refractivity contribution in [3.8, 4) is 5.75 Å². The van der Waals surface area contributed by atoms with E-state index in [4.69, 9.17) is 4.74 Å². The molecule has 2 rings (SSSR count). The van der Waals surface area contributed by atoms with Crippen molar-refractivity contribution in [2.45, 2.75) is 77.8 Å². The summed E-state index contributed by atoms with van der Waals surface area (Å²) in [7, 11) is 0. The fraction of sp³-hybridized carbons (Fsp3) is 0.462. The monoisotopic (exact) mass is 448 g/mol. The van der Waals surface area contributed by atoms with Gasteiger partial charge in [0.05, 0.1) is 13.2 Å². The second-order valence-corrected chi connectivity index (χ2v) is 7.97. The zero-order valence-electron chi connectivity index (χ0n) is 19.1. The van der Waals surface area contributed by atoms with Crippen LogP contribution in [0, 0.1) is 0 Å². The maximum Gasteiger partial charge on any atom is 0.279 e. The molecule has 0 aliphatic rings. The summed E-state index contributed by atoms with van der Waals surface area (Å²) in [5.41, 5.74) is 1.72. The van der Waals surface area contributed by atoms with E-state index in [1.54, 1.807) is 32.0 Å². The molecule has 6 heteroatoms. The molecule has 0 aliphatic carbocycles. The quantitative estimate of drug-likeness (QED) is 0.394. The molecule has 0 heterocycles. The Hall–Kier alpha value is -2.28. The van der Waals surface area contributed by atoms with Crippen molar-refractivity contribution in [3.63, 3.8) is 0 Å². The van der Waals surface area contributed by atoms with Gasteiger partial charge in [-0.05, 0) is 65.3 Å². The molecule has 2 aromatic carbocycles. The van der Waals surface area contributed by atoms with Gasteiger partial charge in [-0.1, -0.05) is 51.1 Å². The molecule has 0 amide bonds. The van der Waals surface area contributed by atoms with Crippen LogP contribution in [0.1, 0.15) is 68.7 Å². The summed E-state index contributed by atoms with van der Waals surface area (Å²) in [5, 5.41) is 29.0. The van der Waals surface area contributed by atoms with Gasteiger partial charge >= 0.3 is 0 Å². The van der Waals surface area contributed by atoms with Crippen molar-refractivity contribution in [2.24, 2.45) is 0 Å². The molecule has 0 saturated heterocycles. The van der Waals surface area contributed by atoms with Gasteiger partial charge in [-0.2, -0.15) is 0 Å². The van der Waals surface area contributed by atoms with Crippen LogP contribution in [0.4, 0.5) is 8.78 Å². The van der Waals surface area contributed by atoms with Crippen molar-refractivity contribution in [3.05, 3.63) is 70.8 Å². The van der Waals surface area contributed by atoms with Gasteiger partial charge in [0.15, 0.2) is 0 Å². The minimum atomic E-state index is -3.21. The highest BCUT2D eigenvalue weighted by atomic mass is 19.3. The molecule has 0 bridgehead atoms. The molecule has 176 valence electrons. The van der Waals surface area contributed by atoms with E-state index in [2.05, 4.69) is 0 Å². The summed E-state index contributed by atoms with van der Waals surface area (Å²) in [6, 6.07) is 12.7. The summed E-state index contributed by atoms with van der Waals surface area (Å²) >= 11 is 0. The number of halogens is 2. The molecule has 0 unspecified atom stereocenters. The van der Waals surface area contributed by atoms with Crippen LogP contribution < -0.4 is 4.74 Å². The van der Waals surface area contributed by atoms with Crippen LogP contribution in [0.5, 0.6) is 5.75 Å². The lowest BCUT2D eigenvalue weighted by Gasteiger charge is -2.34. The lowest BCUT2D eigenvalue weighted by molar-refractivity contribution is -0.181. The molecule has 4 nitrogen and oxygen atoms in total. The molecule has 0 atom stereocenters. The van der Waals surface area contributed by atoms with Gasteiger partial charge in [0.1, 0.15) is 18.0 Å². The van der Waals surface area contributed by atoms with Crippen LogP contribution in [0.2, 0.25) is 0 Å². The number of allylic oxidation sites excluding steroid dienone is 2. The first-order chi connectivity index (χ1) is 15.2. The average molecular weight is 449 g/mol. The molecule has 32 heavy (non-hydrogen) atoms. The maximum absolute atomic E-state index is 14.6. The third kappa shape index (κ3) is 6.15. The predicted molar refractivity (Wildman–Crippen MR) is 122 cm³/mol. The Morgan fingerprint density at radius 1 is 0.969 bits per heavy atom. The zero-order valence-corrected chi connectivity index (χ0v) is 19.1. The smallest absolute Gasteiger partial charge is 0.279 e. The van der Waals surface area contributed by atoms with E-state index in [0.29, 0.717) is 23.3 Å². The van der Waals surface area contributed by atoms with Crippen molar-refractivity contribution in [1.82, 2.24) is 0 Å². The Morgan fingerprint density at radius 2 is 1.66 bits per heavy atom. The van der Waals surface area contributed by atoms with E-state index in [-0.39, 0.29) is 32.7 Å². The molecule has 3 N–H and O–H groups in total. The molecule has 0 aliphatic heterocycles. The van der Waals surface area contributed by atoms with Crippen LogP contribution in [0.3, 0.4) is 0 Å². The number of rotatable bonds is 12. The van der Waals surface area contributed by atoms with E-state index in [9.17, 15) is 24.1 Å². The van der Waals surface area contributed by atoms with Crippen LogP contribution in [-0.2, 0) is 19.8 Å². The lowest BCUT2D eigenvalue weighted by Crippen LogP contribution is -2.46. The summed E-state index contributed by atoms with van der Waals surface area (Å²) < 4.78 is 35.1. The van der Waals surface area contributed by atoms with Gasteiger partial charge in [-0.25, -0.2) is 8.78 Å². The zero-order chi connectivity index (χ0) is 23.8. The number of hydrogen-bond donors (Lipinski definition) is 3. The van der Waals surface area contributed by atoms with E-state index in [1.165, 1.54) is 6.08 Å². The first-order valence-corrected chi connectivity index (χ1v) is 11.1. The number of benzene rings is 2. The molecule has 2 aromatic rings. The maximum atomic E-state index is 14.6. The number of aliphatic hydroxyl groups excluding tert-OH is 2. The number of aliphatic hydroxyl groups is 3. The van der Waals surface area contributed by atoms with Gasteiger partial charge in [0.25, 0.3) is 5.92 Å². The number of ether oxygens (including phenoxy) is 1. The van der Waals surface area contributed by atoms with Gasteiger partial charge in [0, 0.05) is 6.42 Å². The fourth-order valence-electron chi connectivity index (χ4n) is 3.70. The van der Waals surface area contributed by atoms with Crippen LogP contribution in [-0.4, -0.2) is 26.8 Å². The lowest BCUT2D eigenvalue weighted by atomic mass is 9.87. The van der Waals surface area contributed by atoms with E-state index in [0.717, 1.165) is 16.7 Å². The summed E-state index contributed by atoms with van der Waals surface area (Å²) in [4.78, 5) is 0. The minimum absolute atomic E-state index is 0.00754. The molecular formula is C26H34F2O4. The second-order valence-electron chi connectivity index (χ2n) is 7.97. The summed E-state index contributed by atoms with van der Waals surface area (Å²) in [6.45, 7) is 5.01. The summed E-state index contributed by atoms with van der Waals surface area (Å²) in [6.07, 6.45) is 1.54. The topological polar surface area (TPSA) is 69.9 Å². The first-order valence-electron chi connectivity index (χ1n) is 11.1. The highest BCUT2D eigenvalue weighted by molar-refractivity contribution is 5.66. The van der Waals surface area contributed by atoms with Crippen LogP contribution in [0.15, 0.2) is 48.5 Å². The Labute approximate surface area is 189 Å². The molecule has 0 fully saturated rings. The Kier molecular flexibility index (Phi) is 9.37. The van der Waals surface area contributed by atoms with E-state index < -0.39 is 17.9 Å². The second kappa shape index (κ2) is 11.5. The molecule has 0 saturated carbocycles. The van der Waals surface area contributed by atoms with E-state index in [1.807, 2.05) is 31.2 Å². The van der Waals surface area contributed by atoms with Crippen molar-refractivity contribution in [2.75, 3.05) is 0 Å². The Morgan fingerprint density at radius 3 is 2.25 bits per heavy atom. The average Bonchev–Trinajstić information content (AvgIpc) is 2.82. The number of hydrogen-bond acceptors (Lipinski definition) is 4. The van der Waals surface area contributed by atoms with Gasteiger partial charge in [0.2, 0.25) is 0 Å². The third-order valence-electron chi connectivity index (χ3n) is 6.06. The van der Waals surface area contributed by atoms with Crippen LogP contribution >= 0.6 is 0 Å². The highest BCUT2D eigenvalue weighted by Crippen LogP contribution is 2.38. The van der Waals surface area contributed by atoms with Crippen molar-refractivity contribution < 1.29 is 28.8 Å². The first kappa shape index (κ1) is 26.0. The van der Waals surface area contributed by atoms with Gasteiger partial charge in [-0.15, -0.1) is 0 Å². The van der Waals surface area contributed by atoms with Crippen molar-refractivity contribution in [1.29, 1.82) is 0 Å². The molecule has 0 radical (unpaired) electrons. The third-order valence-corrected chi connectivity index (χ3v) is 6.06. The van der Waals surface area contributed by atoms with Gasteiger partial charge < -0.3 is 20.1 Å². The van der Waals surface area contributed by atoms with Gasteiger partial charge in [-0.3, -0.25) is 0 Å². The normalized spacial score (nSPS) is 12.8. The van der Waals surface area contributed by atoms with Crippen molar-refractivity contribution >= 4 is 5.57 Å². The highest BCUT2D eigenvalue weighted by Gasteiger charge is 2.48. The minimum Gasteiger partial charge on any atom is -0.489 e. The van der Waals surface area contributed by atoms with E-state index >= 15 is 0 Å². The number of alkyl halides is 2. The SMILES string of the molecule is CC/C(=C\CC(F)(F)C(O)(CC)CC)c1cccc(OCc2ccc(CO)c(CO)c2)c1. The largest absolute Gasteiger partial charge is 0.489 e. The predicted octanol–water partition coefficient (Wildman–Crippen LogP) is 5.62. The standard InChI is InChI=1S/C26H34F2O4/c1-4-20(12-13-26(27,28)25(31,5-2)6-3)21-8-7-9-24(15-21)32-18-19-10-11-22(16-29)23(14-19)17-30/h7-12,14-15,29-31H,4-6,13,16-18H2,1-3H3/b20-12+. The molecular weight excluding hydrogens is 414 g/mol. The summed E-state index contributed by atoms with van der Waals surface area (Å²) in [5.74, 6) is -2.61. The van der Waals surface area contributed by atoms with Crippen LogP contribution in [0.25, 0.3) is 5.57 Å².